The predicted octanol–water partition coefficient (Wildman–Crippen LogP) is 1.15. The van der Waals surface area contributed by atoms with E-state index in [9.17, 15) is 20.1 Å². The summed E-state index contributed by atoms with van der Waals surface area (Å²) in [5.74, 6) is -0.173. The van der Waals surface area contributed by atoms with Crippen LogP contribution in [0.5, 0.6) is 11.5 Å². The fourth-order valence-electron chi connectivity index (χ4n) is 2.66. The Bertz CT molecular complexity index is 735. The topological polar surface area (TPSA) is 108 Å². The van der Waals surface area contributed by atoms with Crippen LogP contribution in [0.15, 0.2) is 0 Å². The number of amides is 1. The quantitative estimate of drug-likeness (QED) is 0.462. The van der Waals surface area contributed by atoms with Crippen molar-refractivity contribution in [1.82, 2.24) is 9.55 Å². The lowest BCUT2D eigenvalue weighted by Gasteiger charge is -2.12. The number of benzene rings is 1. The lowest BCUT2D eigenvalue weighted by atomic mass is 10.1. The molecule has 0 fully saturated rings. The van der Waals surface area contributed by atoms with Gasteiger partial charge in [-0.2, -0.15) is 0 Å². The molecule has 0 radical (unpaired) electrons. The second-order valence-electron chi connectivity index (χ2n) is 5.00. The average Bonchev–Trinajstić information content (AvgIpc) is 2.92. The number of fused-ring (bicyclic) bond motifs is 3. The van der Waals surface area contributed by atoms with Crippen LogP contribution in [0.25, 0.3) is 11.0 Å². The highest BCUT2D eigenvalue weighted by molar-refractivity contribution is 6.01. The number of rotatable bonds is 1. The molecule has 0 aliphatic carbocycles. The summed E-state index contributed by atoms with van der Waals surface area (Å²) in [6, 6.07) is 0. The number of phenolic OH excluding ortho intramolecular Hbond substituents is 2. The van der Waals surface area contributed by atoms with Gasteiger partial charge in [-0.05, 0) is 13.3 Å². The summed E-state index contributed by atoms with van der Waals surface area (Å²) in [4.78, 5) is 15.4. The van der Waals surface area contributed by atoms with E-state index in [2.05, 4.69) is 10.3 Å². The van der Waals surface area contributed by atoms with Crippen LogP contribution in [-0.2, 0) is 11.3 Å². The maximum atomic E-state index is 11.2. The van der Waals surface area contributed by atoms with Crippen LogP contribution in [0.4, 0.5) is 5.69 Å². The Balaban J connectivity index is 2.35. The zero-order valence-corrected chi connectivity index (χ0v) is 11.1. The molecule has 106 valence electrons. The Morgan fingerprint density at radius 2 is 2.10 bits per heavy atom. The van der Waals surface area contributed by atoms with E-state index >= 15 is 0 Å². The maximum absolute atomic E-state index is 11.2. The van der Waals surface area contributed by atoms with E-state index < -0.39 is 6.10 Å². The van der Waals surface area contributed by atoms with Crippen molar-refractivity contribution in [3.05, 3.63) is 11.4 Å². The molecule has 0 saturated heterocycles. The number of aliphatic hydroxyl groups is 1. The molecule has 0 bridgehead atoms. The Morgan fingerprint density at radius 3 is 2.75 bits per heavy atom. The minimum absolute atomic E-state index is 0.0469. The third-order valence-corrected chi connectivity index (χ3v) is 3.64. The number of carbonyl (C=O) groups excluding carboxylic acids is 1. The number of aryl methyl sites for hydroxylation is 1. The molecule has 3 rings (SSSR count). The van der Waals surface area contributed by atoms with E-state index in [-0.39, 0.29) is 28.6 Å². The van der Waals surface area contributed by atoms with Crippen molar-refractivity contribution in [2.45, 2.75) is 32.9 Å². The van der Waals surface area contributed by atoms with E-state index in [0.29, 0.717) is 29.9 Å². The SMILES string of the molecule is CC(=O)Nc1c(C)c(O)c2c(nc3n2CCC3O)c1O. The number of nitrogens with one attached hydrogen (secondary N) is 1. The number of nitrogens with zero attached hydrogens (tertiary/aromatic N) is 2. The van der Waals surface area contributed by atoms with E-state index in [1.807, 2.05) is 0 Å². The smallest absolute Gasteiger partial charge is 0.221 e. The lowest BCUT2D eigenvalue weighted by Crippen LogP contribution is -2.08. The van der Waals surface area contributed by atoms with Gasteiger partial charge in [-0.3, -0.25) is 4.79 Å². The van der Waals surface area contributed by atoms with Crippen molar-refractivity contribution < 1.29 is 20.1 Å². The monoisotopic (exact) mass is 277 g/mol. The van der Waals surface area contributed by atoms with Crippen LogP contribution in [0.1, 0.15) is 30.8 Å². The number of imidazole rings is 1. The largest absolute Gasteiger partial charge is 0.505 e. The van der Waals surface area contributed by atoms with Crippen molar-refractivity contribution in [2.75, 3.05) is 5.32 Å². The molecule has 1 aliphatic rings. The summed E-state index contributed by atoms with van der Waals surface area (Å²) in [5, 5.41) is 32.9. The molecule has 4 N–H and O–H groups in total. The second kappa shape index (κ2) is 4.11. The van der Waals surface area contributed by atoms with Crippen LogP contribution in [0, 0.1) is 6.92 Å². The zero-order valence-electron chi connectivity index (χ0n) is 11.1. The Kier molecular flexibility index (Phi) is 2.62. The number of hydrogen-bond donors (Lipinski definition) is 4. The highest BCUT2D eigenvalue weighted by Crippen LogP contribution is 2.44. The molecule has 7 heteroatoms. The molecular formula is C13H15N3O4. The number of aromatic nitrogens is 2. The van der Waals surface area contributed by atoms with Crippen LogP contribution < -0.4 is 5.32 Å². The molecule has 1 unspecified atom stereocenters. The zero-order chi connectivity index (χ0) is 14.6. The fraction of sp³-hybridized carbons (Fsp3) is 0.385. The molecular weight excluding hydrogens is 262 g/mol. The van der Waals surface area contributed by atoms with Gasteiger partial charge >= 0.3 is 0 Å². The second-order valence-corrected chi connectivity index (χ2v) is 5.00. The minimum Gasteiger partial charge on any atom is -0.505 e. The normalized spacial score (nSPS) is 17.4. The Morgan fingerprint density at radius 1 is 1.40 bits per heavy atom. The third kappa shape index (κ3) is 1.56. The Labute approximate surface area is 114 Å². The van der Waals surface area contributed by atoms with E-state index in [1.54, 1.807) is 11.5 Å². The molecule has 0 spiro atoms. The van der Waals surface area contributed by atoms with E-state index in [4.69, 9.17) is 0 Å². The maximum Gasteiger partial charge on any atom is 0.221 e. The molecule has 2 heterocycles. The van der Waals surface area contributed by atoms with Gasteiger partial charge in [-0.25, -0.2) is 4.98 Å². The first-order chi connectivity index (χ1) is 9.41. The summed E-state index contributed by atoms with van der Waals surface area (Å²) in [6.45, 7) is 3.45. The van der Waals surface area contributed by atoms with Crippen LogP contribution in [0.3, 0.4) is 0 Å². The Hall–Kier alpha value is -2.28. The number of carbonyl (C=O) groups is 1. The third-order valence-electron chi connectivity index (χ3n) is 3.64. The molecule has 1 amide bonds. The summed E-state index contributed by atoms with van der Waals surface area (Å²) < 4.78 is 1.69. The van der Waals surface area contributed by atoms with Gasteiger partial charge in [-0.15, -0.1) is 0 Å². The van der Waals surface area contributed by atoms with Crippen molar-refractivity contribution in [2.24, 2.45) is 0 Å². The molecule has 1 atom stereocenters. The highest BCUT2D eigenvalue weighted by atomic mass is 16.3. The number of hydrogen-bond acceptors (Lipinski definition) is 5. The molecule has 20 heavy (non-hydrogen) atoms. The number of anilines is 1. The summed E-state index contributed by atoms with van der Waals surface area (Å²) >= 11 is 0. The highest BCUT2D eigenvalue weighted by Gasteiger charge is 2.29. The standard InChI is InChI=1S/C13H15N3O4/c1-5-8(14-6(2)17)12(20)9-10(11(5)19)16-4-3-7(18)13(16)15-9/h7,18-20H,3-4H2,1-2H3,(H,14,17). The number of phenols is 2. The van der Waals surface area contributed by atoms with Gasteiger partial charge in [0.05, 0.1) is 5.69 Å². The van der Waals surface area contributed by atoms with Gasteiger partial charge in [-0.1, -0.05) is 0 Å². The van der Waals surface area contributed by atoms with Crippen molar-refractivity contribution >= 4 is 22.6 Å². The number of aromatic hydroxyl groups is 2. The molecule has 1 aromatic carbocycles. The first-order valence-electron chi connectivity index (χ1n) is 6.32. The van der Waals surface area contributed by atoms with E-state index in [0.717, 1.165) is 0 Å². The van der Waals surface area contributed by atoms with Gasteiger partial charge in [0.1, 0.15) is 28.7 Å². The van der Waals surface area contributed by atoms with Gasteiger partial charge in [0.25, 0.3) is 0 Å². The predicted molar refractivity (Wildman–Crippen MR) is 71.7 cm³/mol. The van der Waals surface area contributed by atoms with Crippen molar-refractivity contribution in [3.63, 3.8) is 0 Å². The average molecular weight is 277 g/mol. The summed E-state index contributed by atoms with van der Waals surface area (Å²) in [6.07, 6.45) is -0.170. The van der Waals surface area contributed by atoms with Crippen LogP contribution in [0.2, 0.25) is 0 Å². The van der Waals surface area contributed by atoms with Gasteiger partial charge < -0.3 is 25.2 Å². The van der Waals surface area contributed by atoms with Gasteiger partial charge in [0.2, 0.25) is 5.91 Å². The summed E-state index contributed by atoms with van der Waals surface area (Å²) in [5.41, 5.74) is 1.09. The summed E-state index contributed by atoms with van der Waals surface area (Å²) in [7, 11) is 0. The molecule has 2 aromatic rings. The first kappa shape index (κ1) is 12.7. The lowest BCUT2D eigenvalue weighted by molar-refractivity contribution is -0.114. The molecule has 0 saturated carbocycles. The molecule has 1 aromatic heterocycles. The number of aliphatic hydroxyl groups excluding tert-OH is 1. The van der Waals surface area contributed by atoms with Gasteiger partial charge in [0, 0.05) is 19.0 Å². The fourth-order valence-corrected chi connectivity index (χ4v) is 2.66. The minimum atomic E-state index is -0.703. The molecule has 1 aliphatic heterocycles. The van der Waals surface area contributed by atoms with Gasteiger partial charge in [0.15, 0.2) is 5.75 Å². The van der Waals surface area contributed by atoms with Crippen LogP contribution >= 0.6 is 0 Å². The first-order valence-corrected chi connectivity index (χ1v) is 6.32. The molecule has 7 nitrogen and oxygen atoms in total. The van der Waals surface area contributed by atoms with E-state index in [1.165, 1.54) is 6.92 Å². The van der Waals surface area contributed by atoms with Crippen molar-refractivity contribution in [1.29, 1.82) is 0 Å². The van der Waals surface area contributed by atoms with Crippen LogP contribution in [-0.4, -0.2) is 30.8 Å². The van der Waals surface area contributed by atoms with Crippen molar-refractivity contribution in [3.8, 4) is 11.5 Å².